The largest absolute Gasteiger partial charge is 0.350 e. The Morgan fingerprint density at radius 1 is 1.22 bits per heavy atom. The second-order valence-electron chi connectivity index (χ2n) is 9.18. The summed E-state index contributed by atoms with van der Waals surface area (Å²) < 4.78 is 30.2. The van der Waals surface area contributed by atoms with Gasteiger partial charge in [0.05, 0.1) is 24.2 Å². The van der Waals surface area contributed by atoms with Crippen LogP contribution in [0, 0.1) is 29.1 Å². The zero-order valence-electron chi connectivity index (χ0n) is 21.1. The van der Waals surface area contributed by atoms with Gasteiger partial charge in [-0.05, 0) is 37.2 Å². The van der Waals surface area contributed by atoms with Crippen LogP contribution in [0.1, 0.15) is 51.5 Å². The van der Waals surface area contributed by atoms with Crippen LogP contribution in [-0.2, 0) is 29.2 Å². The Balaban J connectivity index is 2.27. The van der Waals surface area contributed by atoms with E-state index in [0.29, 0.717) is 23.9 Å². The molecule has 0 spiro atoms. The lowest BCUT2D eigenvalue weighted by Crippen LogP contribution is -2.51. The van der Waals surface area contributed by atoms with E-state index >= 15 is 0 Å². The lowest BCUT2D eigenvalue weighted by Gasteiger charge is -2.29. The Morgan fingerprint density at radius 3 is 2.53 bits per heavy atom. The van der Waals surface area contributed by atoms with E-state index in [1.165, 1.54) is 0 Å². The molecule has 3 atom stereocenters. The third-order valence-electron chi connectivity index (χ3n) is 5.66. The number of nitriles is 1. The number of carbonyl (C=O) groups excluding carboxylic acids is 2. The number of hydrogen-bond acceptors (Lipinski definition) is 7. The van der Waals surface area contributed by atoms with Gasteiger partial charge in [0.15, 0.2) is 6.29 Å². The number of benzene rings is 1. The zero-order chi connectivity index (χ0) is 26.6. The second kappa shape index (κ2) is 14.7. The highest BCUT2D eigenvalue weighted by atomic mass is 32.2. The summed E-state index contributed by atoms with van der Waals surface area (Å²) in [4.78, 5) is 32.0. The lowest BCUT2D eigenvalue weighted by atomic mass is 9.82. The topological polar surface area (TPSA) is 138 Å². The van der Waals surface area contributed by atoms with Gasteiger partial charge in [-0.3, -0.25) is 15.0 Å². The molecule has 36 heavy (non-hydrogen) atoms. The second-order valence-corrected chi connectivity index (χ2v) is 11.1. The van der Waals surface area contributed by atoms with Crippen molar-refractivity contribution in [1.29, 1.82) is 5.26 Å². The van der Waals surface area contributed by atoms with Crippen LogP contribution < -0.4 is 10.9 Å². The summed E-state index contributed by atoms with van der Waals surface area (Å²) in [5.74, 6) is -2.89. The molecule has 198 valence electrons. The molecule has 1 saturated heterocycles. The maximum atomic E-state index is 13.3. The smallest absolute Gasteiger partial charge is 0.247 e. The maximum Gasteiger partial charge on any atom is 0.247 e. The van der Waals surface area contributed by atoms with Gasteiger partial charge >= 0.3 is 0 Å². The van der Waals surface area contributed by atoms with Gasteiger partial charge in [-0.25, -0.2) is 18.7 Å². The molecule has 2 N–H and O–H groups in total. The molecule has 11 heteroatoms. The molecular formula is C25H36N4O6S. The molecule has 2 amide bonds. The molecule has 1 heterocycles. The average molecular weight is 521 g/mol. The van der Waals surface area contributed by atoms with Crippen molar-refractivity contribution in [3.05, 3.63) is 42.0 Å². The van der Waals surface area contributed by atoms with Crippen molar-refractivity contribution in [3.8, 4) is 6.07 Å². The Hall–Kier alpha value is -2.78. The predicted octanol–water partition coefficient (Wildman–Crippen LogP) is 2.76. The number of hydroxylamine groups is 1. The number of sulfonamides is 1. The first-order valence-corrected chi connectivity index (χ1v) is 13.9. The molecule has 0 radical (unpaired) electrons. The van der Waals surface area contributed by atoms with E-state index in [9.17, 15) is 18.0 Å². The summed E-state index contributed by atoms with van der Waals surface area (Å²) in [7, 11) is -3.88. The van der Waals surface area contributed by atoms with Crippen molar-refractivity contribution < 1.29 is 27.6 Å². The standard InChI is InChI=1S/C25H36N4O6S/c1-19(2)18-22(24(30)27-29(16-15-26)36(3,32)33)21(13-9-12-20-10-5-4-6-11-20)25(31)28-35-23-14-7-8-17-34-23/h4-6,9-12,19,21-23H,7-8,13-14,16-18H2,1-3H3,(H,27,30)(H,28,31)/t21-,22+,23?/m0/s1. The monoisotopic (exact) mass is 520 g/mol. The Kier molecular flexibility index (Phi) is 12.0. The van der Waals surface area contributed by atoms with Gasteiger partial charge in [0.25, 0.3) is 0 Å². The van der Waals surface area contributed by atoms with Crippen molar-refractivity contribution in [2.75, 3.05) is 19.4 Å². The quantitative estimate of drug-likeness (QED) is 0.301. The van der Waals surface area contributed by atoms with E-state index in [0.717, 1.165) is 24.7 Å². The minimum atomic E-state index is -3.88. The van der Waals surface area contributed by atoms with Crippen LogP contribution in [0.2, 0.25) is 0 Å². The molecule has 1 aromatic carbocycles. The molecule has 1 unspecified atom stereocenters. The summed E-state index contributed by atoms with van der Waals surface area (Å²) in [6.07, 6.45) is 7.01. The molecule has 1 fully saturated rings. The van der Waals surface area contributed by atoms with E-state index < -0.39 is 46.5 Å². The van der Waals surface area contributed by atoms with Gasteiger partial charge in [-0.15, -0.1) is 0 Å². The molecular weight excluding hydrogens is 484 g/mol. The van der Waals surface area contributed by atoms with E-state index in [1.807, 2.05) is 50.3 Å². The molecule has 0 aromatic heterocycles. The van der Waals surface area contributed by atoms with E-state index in [1.54, 1.807) is 12.1 Å². The predicted molar refractivity (Wildman–Crippen MR) is 135 cm³/mol. The van der Waals surface area contributed by atoms with E-state index in [2.05, 4.69) is 10.9 Å². The SMILES string of the molecule is CC(C)C[C@@H](C(=O)NN(CC#N)S(C)(=O)=O)[C@H](CC=Cc1ccccc1)C(=O)NOC1CCCCO1. The first-order chi connectivity index (χ1) is 17.1. The summed E-state index contributed by atoms with van der Waals surface area (Å²) in [5, 5.41) is 9.00. The minimum Gasteiger partial charge on any atom is -0.350 e. The fourth-order valence-electron chi connectivity index (χ4n) is 3.84. The Morgan fingerprint density at radius 2 is 1.94 bits per heavy atom. The number of hydrogen-bond donors (Lipinski definition) is 2. The van der Waals surface area contributed by atoms with Gasteiger partial charge in [-0.2, -0.15) is 5.26 Å². The molecule has 1 aromatic rings. The van der Waals surface area contributed by atoms with Crippen molar-refractivity contribution >= 4 is 27.9 Å². The summed E-state index contributed by atoms with van der Waals surface area (Å²) in [5.41, 5.74) is 5.72. The van der Waals surface area contributed by atoms with Crippen LogP contribution in [0.3, 0.4) is 0 Å². The number of nitrogens with one attached hydrogen (secondary N) is 2. The van der Waals surface area contributed by atoms with E-state index in [4.69, 9.17) is 14.8 Å². The summed E-state index contributed by atoms with van der Waals surface area (Å²) in [6.45, 7) is 3.81. The van der Waals surface area contributed by atoms with Crippen molar-refractivity contribution in [3.63, 3.8) is 0 Å². The van der Waals surface area contributed by atoms with Crippen LogP contribution in [0.5, 0.6) is 0 Å². The van der Waals surface area contributed by atoms with Gasteiger partial charge < -0.3 is 4.74 Å². The molecule has 10 nitrogen and oxygen atoms in total. The number of hydrazine groups is 1. The van der Waals surface area contributed by atoms with E-state index in [-0.39, 0.29) is 12.3 Å². The van der Waals surface area contributed by atoms with Crippen molar-refractivity contribution in [1.82, 2.24) is 15.3 Å². The fraction of sp³-hybridized carbons (Fsp3) is 0.560. The first-order valence-electron chi connectivity index (χ1n) is 12.1. The van der Waals surface area contributed by atoms with Gasteiger partial charge in [0.1, 0.15) is 6.54 Å². The van der Waals surface area contributed by atoms with Crippen LogP contribution in [0.15, 0.2) is 36.4 Å². The molecule has 0 aliphatic carbocycles. The summed E-state index contributed by atoms with van der Waals surface area (Å²) in [6, 6.07) is 11.2. The van der Waals surface area contributed by atoms with Crippen LogP contribution in [0.4, 0.5) is 0 Å². The highest BCUT2D eigenvalue weighted by molar-refractivity contribution is 7.88. The molecule has 0 bridgehead atoms. The van der Waals surface area contributed by atoms with Crippen LogP contribution >= 0.6 is 0 Å². The molecule has 1 aliphatic heterocycles. The number of amides is 2. The third-order valence-corrected chi connectivity index (χ3v) is 6.68. The third kappa shape index (κ3) is 10.1. The Labute approximate surface area is 213 Å². The average Bonchev–Trinajstić information content (AvgIpc) is 2.84. The number of nitrogens with zero attached hydrogens (tertiary/aromatic N) is 2. The van der Waals surface area contributed by atoms with Gasteiger partial charge in [0, 0.05) is 13.0 Å². The fourth-order valence-corrected chi connectivity index (χ4v) is 4.39. The van der Waals surface area contributed by atoms with Crippen molar-refractivity contribution in [2.45, 2.75) is 52.2 Å². The normalized spacial score (nSPS) is 18.1. The van der Waals surface area contributed by atoms with Gasteiger partial charge in [0.2, 0.25) is 21.8 Å². The van der Waals surface area contributed by atoms with Crippen molar-refractivity contribution in [2.24, 2.45) is 17.8 Å². The van der Waals surface area contributed by atoms with Crippen LogP contribution in [-0.4, -0.2) is 50.3 Å². The van der Waals surface area contributed by atoms with Gasteiger partial charge in [-0.1, -0.05) is 60.7 Å². The molecule has 1 aliphatic rings. The highest BCUT2D eigenvalue weighted by Gasteiger charge is 2.36. The number of carbonyl (C=O) groups is 2. The highest BCUT2D eigenvalue weighted by Crippen LogP contribution is 2.26. The lowest BCUT2D eigenvalue weighted by molar-refractivity contribution is -0.203. The maximum absolute atomic E-state index is 13.3. The van der Waals surface area contributed by atoms with Crippen LogP contribution in [0.25, 0.3) is 6.08 Å². The molecule has 0 saturated carbocycles. The summed E-state index contributed by atoms with van der Waals surface area (Å²) >= 11 is 0. The Bertz CT molecular complexity index is 1020. The number of allylic oxidation sites excluding steroid dienone is 1. The number of rotatable bonds is 13. The minimum absolute atomic E-state index is 0.0272. The number of ether oxygens (including phenoxy) is 1. The first kappa shape index (κ1) is 29.5. The zero-order valence-corrected chi connectivity index (χ0v) is 21.9. The molecule has 2 rings (SSSR count).